The SMILES string of the molecule is O=c1[nH]c2ccc(C(O)c3cccc(Br)c3F)cc2o1. The predicted molar refractivity (Wildman–Crippen MR) is 75.0 cm³/mol. The number of rotatable bonds is 2. The molecule has 2 N–H and O–H groups in total. The summed E-state index contributed by atoms with van der Waals surface area (Å²) in [5.74, 6) is -1.09. The molecule has 6 heteroatoms. The number of hydrogen-bond acceptors (Lipinski definition) is 3. The first kappa shape index (κ1) is 13.1. The Bertz CT molecular complexity index is 840. The number of fused-ring (bicyclic) bond motifs is 1. The smallest absolute Gasteiger partial charge is 0.408 e. The summed E-state index contributed by atoms with van der Waals surface area (Å²) in [7, 11) is 0. The number of halogens is 2. The molecule has 0 fully saturated rings. The normalized spacial score (nSPS) is 12.8. The van der Waals surface area contributed by atoms with Gasteiger partial charge in [-0.3, -0.25) is 4.98 Å². The number of aliphatic hydroxyl groups excluding tert-OH is 1. The molecule has 2 aromatic carbocycles. The highest BCUT2D eigenvalue weighted by atomic mass is 79.9. The van der Waals surface area contributed by atoms with Crippen LogP contribution in [0.5, 0.6) is 0 Å². The molecule has 3 rings (SSSR count). The Morgan fingerprint density at radius 2 is 2.10 bits per heavy atom. The lowest BCUT2D eigenvalue weighted by atomic mass is 10.0. The Morgan fingerprint density at radius 1 is 1.30 bits per heavy atom. The Morgan fingerprint density at radius 3 is 2.90 bits per heavy atom. The molecule has 0 radical (unpaired) electrons. The average molecular weight is 338 g/mol. The molecule has 1 aromatic heterocycles. The van der Waals surface area contributed by atoms with E-state index < -0.39 is 17.7 Å². The second-order valence-corrected chi connectivity index (χ2v) is 5.17. The molecule has 0 bridgehead atoms. The van der Waals surface area contributed by atoms with Gasteiger partial charge in [-0.1, -0.05) is 18.2 Å². The van der Waals surface area contributed by atoms with Gasteiger partial charge in [0.05, 0.1) is 9.99 Å². The molecular formula is C14H9BrFNO3. The first-order chi connectivity index (χ1) is 9.56. The zero-order valence-corrected chi connectivity index (χ0v) is 11.6. The summed E-state index contributed by atoms with van der Waals surface area (Å²) in [6.45, 7) is 0. The van der Waals surface area contributed by atoms with Crippen molar-refractivity contribution in [1.29, 1.82) is 0 Å². The van der Waals surface area contributed by atoms with E-state index in [-0.39, 0.29) is 10.0 Å². The molecule has 4 nitrogen and oxygen atoms in total. The number of aromatic amines is 1. The fourth-order valence-corrected chi connectivity index (χ4v) is 2.42. The first-order valence-corrected chi connectivity index (χ1v) is 6.60. The molecule has 1 unspecified atom stereocenters. The molecule has 0 amide bonds. The molecular weight excluding hydrogens is 329 g/mol. The topological polar surface area (TPSA) is 66.2 Å². The molecule has 20 heavy (non-hydrogen) atoms. The lowest BCUT2D eigenvalue weighted by Gasteiger charge is -2.13. The zero-order chi connectivity index (χ0) is 14.3. The molecule has 0 aliphatic carbocycles. The van der Waals surface area contributed by atoms with Gasteiger partial charge in [-0.05, 0) is 39.7 Å². The molecule has 1 heterocycles. The Balaban J connectivity index is 2.09. The largest absolute Gasteiger partial charge is 0.417 e. The van der Waals surface area contributed by atoms with Crippen LogP contribution in [-0.2, 0) is 0 Å². The van der Waals surface area contributed by atoms with Crippen molar-refractivity contribution in [2.45, 2.75) is 6.10 Å². The van der Waals surface area contributed by atoms with E-state index in [1.807, 2.05) is 0 Å². The van der Waals surface area contributed by atoms with Crippen molar-refractivity contribution in [2.24, 2.45) is 0 Å². The van der Waals surface area contributed by atoms with Crippen LogP contribution in [0.3, 0.4) is 0 Å². The van der Waals surface area contributed by atoms with Crippen LogP contribution in [0.1, 0.15) is 17.2 Å². The molecule has 1 atom stereocenters. The number of oxazole rings is 1. The highest BCUT2D eigenvalue weighted by Gasteiger charge is 2.17. The summed E-state index contributed by atoms with van der Waals surface area (Å²) >= 11 is 3.08. The van der Waals surface area contributed by atoms with E-state index in [9.17, 15) is 14.3 Å². The van der Waals surface area contributed by atoms with E-state index in [0.29, 0.717) is 16.7 Å². The minimum atomic E-state index is -1.14. The van der Waals surface area contributed by atoms with Crippen molar-refractivity contribution >= 4 is 27.0 Å². The minimum absolute atomic E-state index is 0.150. The third-order valence-electron chi connectivity index (χ3n) is 3.04. The zero-order valence-electron chi connectivity index (χ0n) is 10.1. The highest BCUT2D eigenvalue weighted by molar-refractivity contribution is 9.10. The highest BCUT2D eigenvalue weighted by Crippen LogP contribution is 2.29. The van der Waals surface area contributed by atoms with E-state index >= 15 is 0 Å². The maximum Gasteiger partial charge on any atom is 0.417 e. The van der Waals surface area contributed by atoms with Gasteiger partial charge >= 0.3 is 5.76 Å². The summed E-state index contributed by atoms with van der Waals surface area (Å²) < 4.78 is 19.2. The average Bonchev–Trinajstić information content (AvgIpc) is 2.80. The van der Waals surface area contributed by atoms with Crippen molar-refractivity contribution < 1.29 is 13.9 Å². The van der Waals surface area contributed by atoms with Gasteiger partial charge in [-0.25, -0.2) is 9.18 Å². The molecule has 0 saturated carbocycles. The monoisotopic (exact) mass is 337 g/mol. The summed E-state index contributed by atoms with van der Waals surface area (Å²) in [6, 6.07) is 9.43. The number of hydrogen-bond donors (Lipinski definition) is 2. The van der Waals surface area contributed by atoms with Crippen LogP contribution in [0.4, 0.5) is 4.39 Å². The number of nitrogens with one attached hydrogen (secondary N) is 1. The molecule has 0 spiro atoms. The summed E-state index contributed by atoms with van der Waals surface area (Å²) in [6.07, 6.45) is -1.14. The van der Waals surface area contributed by atoms with E-state index in [4.69, 9.17) is 4.42 Å². The van der Waals surface area contributed by atoms with Crippen LogP contribution < -0.4 is 5.76 Å². The van der Waals surface area contributed by atoms with Crippen molar-refractivity contribution in [3.63, 3.8) is 0 Å². The van der Waals surface area contributed by atoms with E-state index in [1.54, 1.807) is 24.3 Å². The molecule has 0 saturated heterocycles. The fourth-order valence-electron chi connectivity index (χ4n) is 2.04. The quantitative estimate of drug-likeness (QED) is 0.755. The lowest BCUT2D eigenvalue weighted by Crippen LogP contribution is -2.02. The van der Waals surface area contributed by atoms with Gasteiger partial charge in [0.15, 0.2) is 5.58 Å². The van der Waals surface area contributed by atoms with Crippen LogP contribution in [0.25, 0.3) is 11.1 Å². The van der Waals surface area contributed by atoms with Crippen LogP contribution in [-0.4, -0.2) is 10.1 Å². The van der Waals surface area contributed by atoms with Crippen molar-refractivity contribution in [3.05, 3.63) is 68.4 Å². The van der Waals surface area contributed by atoms with Crippen LogP contribution in [0.2, 0.25) is 0 Å². The molecule has 0 aliphatic heterocycles. The standard InChI is InChI=1S/C14H9BrFNO3/c15-9-3-1-2-8(12(9)16)13(18)7-4-5-10-11(6-7)20-14(19)17-10/h1-6,13,18H,(H,17,19). The van der Waals surface area contributed by atoms with Crippen LogP contribution in [0.15, 0.2) is 50.1 Å². The summed E-state index contributed by atoms with van der Waals surface area (Å²) in [5.41, 5.74) is 1.44. The van der Waals surface area contributed by atoms with E-state index in [0.717, 1.165) is 0 Å². The summed E-state index contributed by atoms with van der Waals surface area (Å²) in [5, 5.41) is 10.3. The second-order valence-electron chi connectivity index (χ2n) is 4.32. The minimum Gasteiger partial charge on any atom is -0.408 e. The van der Waals surface area contributed by atoms with Crippen molar-refractivity contribution in [2.75, 3.05) is 0 Å². The third-order valence-corrected chi connectivity index (χ3v) is 3.65. The Labute approximate surface area is 121 Å². The van der Waals surface area contributed by atoms with Gasteiger partial charge in [0.1, 0.15) is 11.9 Å². The fraction of sp³-hybridized carbons (Fsp3) is 0.0714. The van der Waals surface area contributed by atoms with Crippen molar-refractivity contribution in [3.8, 4) is 0 Å². The number of aromatic nitrogens is 1. The molecule has 0 aliphatic rings. The number of aliphatic hydroxyl groups is 1. The molecule has 3 aromatic rings. The number of benzene rings is 2. The second kappa shape index (κ2) is 4.88. The van der Waals surface area contributed by atoms with Gasteiger partial charge in [-0.2, -0.15) is 0 Å². The van der Waals surface area contributed by atoms with Crippen molar-refractivity contribution in [1.82, 2.24) is 4.98 Å². The first-order valence-electron chi connectivity index (χ1n) is 5.81. The van der Waals surface area contributed by atoms with E-state index in [1.165, 1.54) is 12.1 Å². The summed E-state index contributed by atoms with van der Waals surface area (Å²) in [4.78, 5) is 13.6. The Kier molecular flexibility index (Phi) is 3.19. The van der Waals surface area contributed by atoms with Gasteiger partial charge in [0.25, 0.3) is 0 Å². The van der Waals surface area contributed by atoms with Crippen LogP contribution >= 0.6 is 15.9 Å². The van der Waals surface area contributed by atoms with Gasteiger partial charge < -0.3 is 9.52 Å². The maximum absolute atomic E-state index is 14.0. The van der Waals surface area contributed by atoms with E-state index in [2.05, 4.69) is 20.9 Å². The molecule has 102 valence electrons. The van der Waals surface area contributed by atoms with Crippen LogP contribution in [0, 0.1) is 5.82 Å². The van der Waals surface area contributed by atoms with Gasteiger partial charge in [0.2, 0.25) is 0 Å². The Hall–Kier alpha value is -1.92. The van der Waals surface area contributed by atoms with Gasteiger partial charge in [-0.15, -0.1) is 0 Å². The van der Waals surface area contributed by atoms with Gasteiger partial charge in [0, 0.05) is 5.56 Å². The lowest BCUT2D eigenvalue weighted by molar-refractivity contribution is 0.215. The maximum atomic E-state index is 14.0. The predicted octanol–water partition coefficient (Wildman–Crippen LogP) is 3.10. The number of H-pyrrole nitrogens is 1. The third kappa shape index (κ3) is 2.17.